The molecule has 0 amide bonds. The Kier molecular flexibility index (Phi) is 8.94. The van der Waals surface area contributed by atoms with Crippen molar-refractivity contribution in [2.45, 2.75) is 19.9 Å². The molecule has 0 rings (SSSR count). The SMILES string of the molecule is CN=C(NCCOC)NCCN(C)C(C)C. The number of nitrogens with zero attached hydrogens (tertiary/aromatic N) is 2. The molecule has 0 bridgehead atoms. The van der Waals surface area contributed by atoms with Crippen molar-refractivity contribution in [2.24, 2.45) is 4.99 Å². The molecular weight excluding hydrogens is 204 g/mol. The fourth-order valence-corrected chi connectivity index (χ4v) is 1.10. The van der Waals surface area contributed by atoms with Crippen molar-refractivity contribution in [3.8, 4) is 0 Å². The van der Waals surface area contributed by atoms with Gasteiger partial charge in [0, 0.05) is 39.8 Å². The predicted molar refractivity (Wildman–Crippen MR) is 69.0 cm³/mol. The highest BCUT2D eigenvalue weighted by atomic mass is 16.5. The molecule has 16 heavy (non-hydrogen) atoms. The summed E-state index contributed by atoms with van der Waals surface area (Å²) >= 11 is 0. The van der Waals surface area contributed by atoms with E-state index in [0.29, 0.717) is 12.6 Å². The van der Waals surface area contributed by atoms with Gasteiger partial charge in [-0.2, -0.15) is 0 Å². The van der Waals surface area contributed by atoms with E-state index < -0.39 is 0 Å². The molecule has 0 aliphatic heterocycles. The van der Waals surface area contributed by atoms with E-state index in [4.69, 9.17) is 4.74 Å². The van der Waals surface area contributed by atoms with Gasteiger partial charge in [-0.3, -0.25) is 4.99 Å². The Labute approximate surface area is 99.3 Å². The van der Waals surface area contributed by atoms with Gasteiger partial charge in [0.1, 0.15) is 0 Å². The highest BCUT2D eigenvalue weighted by molar-refractivity contribution is 5.79. The van der Waals surface area contributed by atoms with E-state index in [2.05, 4.69) is 41.4 Å². The molecule has 0 unspecified atom stereocenters. The topological polar surface area (TPSA) is 48.9 Å². The van der Waals surface area contributed by atoms with Crippen molar-refractivity contribution >= 4 is 5.96 Å². The van der Waals surface area contributed by atoms with Crippen molar-refractivity contribution in [3.05, 3.63) is 0 Å². The highest BCUT2D eigenvalue weighted by Crippen LogP contribution is 1.90. The summed E-state index contributed by atoms with van der Waals surface area (Å²) in [5, 5.41) is 6.42. The van der Waals surface area contributed by atoms with Gasteiger partial charge in [0.2, 0.25) is 0 Å². The maximum absolute atomic E-state index is 4.96. The Hall–Kier alpha value is -0.810. The highest BCUT2D eigenvalue weighted by Gasteiger charge is 2.02. The van der Waals surface area contributed by atoms with Crippen LogP contribution in [0.25, 0.3) is 0 Å². The molecule has 2 N–H and O–H groups in total. The van der Waals surface area contributed by atoms with Crippen LogP contribution in [0.1, 0.15) is 13.8 Å². The second-order valence-corrected chi connectivity index (χ2v) is 3.99. The first kappa shape index (κ1) is 15.2. The maximum Gasteiger partial charge on any atom is 0.191 e. The van der Waals surface area contributed by atoms with Gasteiger partial charge in [0.25, 0.3) is 0 Å². The van der Waals surface area contributed by atoms with Crippen LogP contribution in [0, 0.1) is 0 Å². The summed E-state index contributed by atoms with van der Waals surface area (Å²) < 4.78 is 4.96. The number of ether oxygens (including phenoxy) is 1. The Morgan fingerprint density at radius 1 is 1.31 bits per heavy atom. The fourth-order valence-electron chi connectivity index (χ4n) is 1.10. The first-order chi connectivity index (χ1) is 7.61. The molecule has 0 aromatic carbocycles. The molecular formula is C11H26N4O. The summed E-state index contributed by atoms with van der Waals surface area (Å²) in [6, 6.07) is 0.574. The Bertz CT molecular complexity index is 194. The van der Waals surface area contributed by atoms with E-state index in [1.165, 1.54) is 0 Å². The zero-order valence-corrected chi connectivity index (χ0v) is 11.2. The average Bonchev–Trinajstić information content (AvgIpc) is 2.26. The van der Waals surface area contributed by atoms with Gasteiger partial charge < -0.3 is 20.3 Å². The van der Waals surface area contributed by atoms with Crippen LogP contribution in [0.4, 0.5) is 0 Å². The van der Waals surface area contributed by atoms with E-state index in [0.717, 1.165) is 25.6 Å². The molecule has 96 valence electrons. The van der Waals surface area contributed by atoms with Crippen LogP contribution in [0.2, 0.25) is 0 Å². The number of methoxy groups -OCH3 is 1. The van der Waals surface area contributed by atoms with E-state index in [-0.39, 0.29) is 0 Å². The zero-order valence-electron chi connectivity index (χ0n) is 11.2. The van der Waals surface area contributed by atoms with Crippen molar-refractivity contribution in [2.75, 3.05) is 47.4 Å². The summed E-state index contributed by atoms with van der Waals surface area (Å²) in [6.07, 6.45) is 0. The van der Waals surface area contributed by atoms with Crippen LogP contribution in [-0.4, -0.2) is 64.3 Å². The molecule has 0 aromatic heterocycles. The molecule has 0 aliphatic carbocycles. The summed E-state index contributed by atoms with van der Waals surface area (Å²) in [5.74, 6) is 0.828. The lowest BCUT2D eigenvalue weighted by Gasteiger charge is -2.21. The second kappa shape index (κ2) is 9.42. The first-order valence-electron chi connectivity index (χ1n) is 5.75. The van der Waals surface area contributed by atoms with Crippen LogP contribution in [0.15, 0.2) is 4.99 Å². The molecule has 5 nitrogen and oxygen atoms in total. The number of aliphatic imine (C=N–C) groups is 1. The van der Waals surface area contributed by atoms with Crippen molar-refractivity contribution < 1.29 is 4.74 Å². The van der Waals surface area contributed by atoms with E-state index in [1.54, 1.807) is 14.2 Å². The van der Waals surface area contributed by atoms with Crippen molar-refractivity contribution in [3.63, 3.8) is 0 Å². The monoisotopic (exact) mass is 230 g/mol. The number of hydrogen-bond acceptors (Lipinski definition) is 3. The van der Waals surface area contributed by atoms with Crippen molar-refractivity contribution in [1.29, 1.82) is 0 Å². The molecule has 5 heteroatoms. The van der Waals surface area contributed by atoms with Crippen LogP contribution in [0.3, 0.4) is 0 Å². The number of nitrogens with one attached hydrogen (secondary N) is 2. The van der Waals surface area contributed by atoms with Gasteiger partial charge in [-0.25, -0.2) is 0 Å². The average molecular weight is 230 g/mol. The number of hydrogen-bond donors (Lipinski definition) is 2. The third-order valence-electron chi connectivity index (χ3n) is 2.46. The molecule has 0 atom stereocenters. The van der Waals surface area contributed by atoms with Crippen LogP contribution in [0.5, 0.6) is 0 Å². The Morgan fingerprint density at radius 3 is 2.44 bits per heavy atom. The molecule has 0 radical (unpaired) electrons. The zero-order chi connectivity index (χ0) is 12.4. The lowest BCUT2D eigenvalue weighted by molar-refractivity contribution is 0.203. The fraction of sp³-hybridized carbons (Fsp3) is 0.909. The van der Waals surface area contributed by atoms with E-state index in [1.807, 2.05) is 0 Å². The molecule has 0 aromatic rings. The minimum absolute atomic E-state index is 0.574. The third-order valence-corrected chi connectivity index (χ3v) is 2.46. The molecule has 0 saturated carbocycles. The molecule has 0 saturated heterocycles. The van der Waals surface area contributed by atoms with Gasteiger partial charge in [-0.1, -0.05) is 0 Å². The Morgan fingerprint density at radius 2 is 1.94 bits per heavy atom. The third kappa shape index (κ3) is 7.48. The van der Waals surface area contributed by atoms with Gasteiger partial charge >= 0.3 is 0 Å². The normalized spacial score (nSPS) is 12.3. The quantitative estimate of drug-likeness (QED) is 0.371. The molecule has 0 aliphatic rings. The van der Waals surface area contributed by atoms with Gasteiger partial charge in [0.05, 0.1) is 6.61 Å². The number of likely N-dealkylation sites (N-methyl/N-ethyl adjacent to an activating group) is 1. The number of rotatable bonds is 7. The molecule has 0 heterocycles. The molecule has 0 spiro atoms. The lowest BCUT2D eigenvalue weighted by Crippen LogP contribution is -2.42. The summed E-state index contributed by atoms with van der Waals surface area (Å²) in [6.45, 7) is 7.73. The van der Waals surface area contributed by atoms with Gasteiger partial charge in [-0.15, -0.1) is 0 Å². The second-order valence-electron chi connectivity index (χ2n) is 3.99. The maximum atomic E-state index is 4.96. The van der Waals surface area contributed by atoms with Crippen LogP contribution >= 0.6 is 0 Å². The summed E-state index contributed by atoms with van der Waals surface area (Å²) in [7, 11) is 5.58. The Balaban J connectivity index is 3.64. The minimum atomic E-state index is 0.574. The van der Waals surface area contributed by atoms with Crippen LogP contribution in [-0.2, 0) is 4.74 Å². The summed E-state index contributed by atoms with van der Waals surface area (Å²) in [5.41, 5.74) is 0. The predicted octanol–water partition coefficient (Wildman–Crippen LogP) is 0.138. The number of guanidine groups is 1. The lowest BCUT2D eigenvalue weighted by atomic mass is 10.3. The molecule has 0 fully saturated rings. The van der Waals surface area contributed by atoms with Crippen LogP contribution < -0.4 is 10.6 Å². The summed E-state index contributed by atoms with van der Waals surface area (Å²) in [4.78, 5) is 6.41. The van der Waals surface area contributed by atoms with Crippen molar-refractivity contribution in [1.82, 2.24) is 15.5 Å². The van der Waals surface area contributed by atoms with E-state index in [9.17, 15) is 0 Å². The minimum Gasteiger partial charge on any atom is -0.383 e. The standard InChI is InChI=1S/C11H26N4O/c1-10(2)15(4)8-6-13-11(12-3)14-7-9-16-5/h10H,6-9H2,1-5H3,(H2,12,13,14). The van der Waals surface area contributed by atoms with Gasteiger partial charge in [-0.05, 0) is 20.9 Å². The van der Waals surface area contributed by atoms with Gasteiger partial charge in [0.15, 0.2) is 5.96 Å². The first-order valence-corrected chi connectivity index (χ1v) is 5.75. The smallest absolute Gasteiger partial charge is 0.191 e. The largest absolute Gasteiger partial charge is 0.383 e. The van der Waals surface area contributed by atoms with E-state index >= 15 is 0 Å².